The van der Waals surface area contributed by atoms with Crippen molar-refractivity contribution in [2.45, 2.75) is 71.1 Å². The van der Waals surface area contributed by atoms with Crippen molar-refractivity contribution in [2.24, 2.45) is 5.92 Å². The average Bonchev–Trinajstić information content (AvgIpc) is 2.20. The highest BCUT2D eigenvalue weighted by Gasteiger charge is 2.28. The third-order valence-electron chi connectivity index (χ3n) is 2.91. The lowest BCUT2D eigenvalue weighted by Gasteiger charge is -2.19. The van der Waals surface area contributed by atoms with Crippen LogP contribution in [0.2, 0.25) is 0 Å². The number of alkyl halides is 3. The van der Waals surface area contributed by atoms with Gasteiger partial charge in [-0.25, -0.2) is 0 Å². The monoisotopic (exact) mass is 240 g/mol. The van der Waals surface area contributed by atoms with E-state index in [2.05, 4.69) is 6.92 Å². The molecule has 0 bridgehead atoms. The first-order valence-electron chi connectivity index (χ1n) is 6.13. The third-order valence-corrected chi connectivity index (χ3v) is 2.91. The molecule has 0 amide bonds. The molecular weight excluding hydrogens is 217 g/mol. The number of hydrogen-bond donors (Lipinski definition) is 1. The molecule has 0 rings (SSSR count). The highest BCUT2D eigenvalue weighted by molar-refractivity contribution is 4.66. The van der Waals surface area contributed by atoms with Crippen molar-refractivity contribution >= 4 is 0 Å². The van der Waals surface area contributed by atoms with Crippen molar-refractivity contribution in [2.75, 3.05) is 0 Å². The molecule has 0 radical (unpaired) electrons. The minimum absolute atomic E-state index is 0.161. The second kappa shape index (κ2) is 7.93. The van der Waals surface area contributed by atoms with Crippen LogP contribution >= 0.6 is 0 Å². The van der Waals surface area contributed by atoms with E-state index < -0.39 is 18.7 Å². The summed E-state index contributed by atoms with van der Waals surface area (Å²) < 4.78 is 35.8. The summed E-state index contributed by atoms with van der Waals surface area (Å²) in [7, 11) is 0. The minimum Gasteiger partial charge on any atom is -0.393 e. The summed E-state index contributed by atoms with van der Waals surface area (Å²) in [4.78, 5) is 0. The van der Waals surface area contributed by atoms with Crippen molar-refractivity contribution in [1.82, 2.24) is 0 Å². The van der Waals surface area contributed by atoms with Gasteiger partial charge in [-0.2, -0.15) is 13.2 Å². The van der Waals surface area contributed by atoms with E-state index in [0.717, 1.165) is 25.7 Å². The van der Waals surface area contributed by atoms with Crippen LogP contribution in [-0.2, 0) is 0 Å². The zero-order valence-electron chi connectivity index (χ0n) is 10.2. The fourth-order valence-corrected chi connectivity index (χ4v) is 1.81. The Hall–Kier alpha value is -0.250. The van der Waals surface area contributed by atoms with Gasteiger partial charge in [-0.15, -0.1) is 0 Å². The van der Waals surface area contributed by atoms with Gasteiger partial charge in [0.15, 0.2) is 0 Å². The van der Waals surface area contributed by atoms with Crippen LogP contribution in [0.4, 0.5) is 13.2 Å². The number of halogens is 3. The summed E-state index contributed by atoms with van der Waals surface area (Å²) in [5, 5.41) is 9.51. The Labute approximate surface area is 96.0 Å². The Balaban J connectivity index is 3.77. The van der Waals surface area contributed by atoms with Gasteiger partial charge in [0, 0.05) is 6.42 Å². The second-order valence-electron chi connectivity index (χ2n) is 4.46. The maximum atomic E-state index is 11.9. The summed E-state index contributed by atoms with van der Waals surface area (Å²) >= 11 is 0. The molecule has 98 valence electrons. The SMILES string of the molecule is CCCCC(CC)CC(O)CCC(F)(F)F. The Kier molecular flexibility index (Phi) is 7.81. The number of hydrogen-bond acceptors (Lipinski definition) is 1. The van der Waals surface area contributed by atoms with E-state index in [0.29, 0.717) is 12.3 Å². The molecule has 2 atom stereocenters. The fraction of sp³-hybridized carbons (Fsp3) is 1.00. The molecule has 0 saturated carbocycles. The molecule has 2 unspecified atom stereocenters. The summed E-state index contributed by atoms with van der Waals surface area (Å²) in [6.45, 7) is 4.11. The largest absolute Gasteiger partial charge is 0.393 e. The van der Waals surface area contributed by atoms with Crippen molar-refractivity contribution in [3.8, 4) is 0 Å². The summed E-state index contributed by atoms with van der Waals surface area (Å²) in [5.74, 6) is 0.364. The minimum atomic E-state index is -4.15. The van der Waals surface area contributed by atoms with Crippen LogP contribution in [0.5, 0.6) is 0 Å². The molecule has 0 fully saturated rings. The average molecular weight is 240 g/mol. The van der Waals surface area contributed by atoms with E-state index in [1.54, 1.807) is 0 Å². The van der Waals surface area contributed by atoms with Gasteiger partial charge in [-0.3, -0.25) is 0 Å². The van der Waals surface area contributed by atoms with Crippen molar-refractivity contribution in [3.05, 3.63) is 0 Å². The van der Waals surface area contributed by atoms with Gasteiger partial charge in [-0.05, 0) is 18.8 Å². The van der Waals surface area contributed by atoms with Crippen LogP contribution in [0.3, 0.4) is 0 Å². The molecule has 0 aliphatic carbocycles. The molecule has 0 aromatic carbocycles. The standard InChI is InChI=1S/C12H23F3O/c1-3-5-6-10(4-2)9-11(16)7-8-12(13,14)15/h10-11,16H,3-9H2,1-2H3. The molecule has 0 spiro atoms. The zero-order chi connectivity index (χ0) is 12.6. The Morgan fingerprint density at radius 3 is 2.19 bits per heavy atom. The fourth-order valence-electron chi connectivity index (χ4n) is 1.81. The van der Waals surface area contributed by atoms with E-state index in [1.165, 1.54) is 0 Å². The van der Waals surface area contributed by atoms with Gasteiger partial charge < -0.3 is 5.11 Å². The van der Waals surface area contributed by atoms with Crippen LogP contribution in [0.1, 0.15) is 58.8 Å². The van der Waals surface area contributed by atoms with E-state index in [9.17, 15) is 18.3 Å². The van der Waals surface area contributed by atoms with E-state index in [1.807, 2.05) is 6.92 Å². The van der Waals surface area contributed by atoms with Crippen LogP contribution in [0.15, 0.2) is 0 Å². The predicted molar refractivity (Wildman–Crippen MR) is 59.2 cm³/mol. The van der Waals surface area contributed by atoms with Crippen LogP contribution < -0.4 is 0 Å². The first-order valence-corrected chi connectivity index (χ1v) is 6.13. The molecule has 0 aliphatic heterocycles. The van der Waals surface area contributed by atoms with Crippen LogP contribution in [-0.4, -0.2) is 17.4 Å². The highest BCUT2D eigenvalue weighted by Crippen LogP contribution is 2.25. The Morgan fingerprint density at radius 1 is 1.12 bits per heavy atom. The number of aliphatic hydroxyl groups is 1. The van der Waals surface area contributed by atoms with Gasteiger partial charge in [0.25, 0.3) is 0 Å². The topological polar surface area (TPSA) is 20.2 Å². The second-order valence-corrected chi connectivity index (χ2v) is 4.46. The van der Waals surface area contributed by atoms with Gasteiger partial charge >= 0.3 is 6.18 Å². The molecule has 0 aromatic rings. The van der Waals surface area contributed by atoms with Crippen molar-refractivity contribution in [1.29, 1.82) is 0 Å². The summed E-state index contributed by atoms with van der Waals surface area (Å²) in [6.07, 6.45) is -1.36. The Bertz CT molecular complexity index is 168. The van der Waals surface area contributed by atoms with Crippen molar-refractivity contribution < 1.29 is 18.3 Å². The smallest absolute Gasteiger partial charge is 0.389 e. The lowest BCUT2D eigenvalue weighted by molar-refractivity contribution is -0.140. The van der Waals surface area contributed by atoms with E-state index >= 15 is 0 Å². The number of rotatable bonds is 8. The Morgan fingerprint density at radius 2 is 1.75 bits per heavy atom. The van der Waals surface area contributed by atoms with Crippen molar-refractivity contribution in [3.63, 3.8) is 0 Å². The quantitative estimate of drug-likeness (QED) is 0.670. The van der Waals surface area contributed by atoms with Crippen LogP contribution in [0, 0.1) is 5.92 Å². The third kappa shape index (κ3) is 9.01. The highest BCUT2D eigenvalue weighted by atomic mass is 19.4. The summed E-state index contributed by atoms with van der Waals surface area (Å²) in [5.41, 5.74) is 0. The lowest BCUT2D eigenvalue weighted by atomic mass is 9.92. The van der Waals surface area contributed by atoms with Gasteiger partial charge in [0.05, 0.1) is 6.10 Å². The molecule has 1 nitrogen and oxygen atoms in total. The first kappa shape index (κ1) is 15.8. The molecule has 0 aromatic heterocycles. The normalized spacial score (nSPS) is 16.1. The maximum absolute atomic E-state index is 11.9. The molecule has 4 heteroatoms. The number of unbranched alkanes of at least 4 members (excludes halogenated alkanes) is 1. The van der Waals surface area contributed by atoms with E-state index in [-0.39, 0.29) is 6.42 Å². The lowest BCUT2D eigenvalue weighted by Crippen LogP contribution is -2.17. The first-order chi connectivity index (χ1) is 7.39. The van der Waals surface area contributed by atoms with Gasteiger partial charge in [-0.1, -0.05) is 39.5 Å². The van der Waals surface area contributed by atoms with Gasteiger partial charge in [0.2, 0.25) is 0 Å². The molecule has 0 heterocycles. The predicted octanol–water partition coefficient (Wildman–Crippen LogP) is 4.30. The molecular formula is C12H23F3O. The maximum Gasteiger partial charge on any atom is 0.389 e. The van der Waals surface area contributed by atoms with Crippen LogP contribution in [0.25, 0.3) is 0 Å². The number of aliphatic hydroxyl groups excluding tert-OH is 1. The molecule has 16 heavy (non-hydrogen) atoms. The zero-order valence-corrected chi connectivity index (χ0v) is 10.2. The van der Waals surface area contributed by atoms with E-state index in [4.69, 9.17) is 0 Å². The molecule has 0 aliphatic rings. The molecule has 1 N–H and O–H groups in total. The summed E-state index contributed by atoms with van der Waals surface area (Å²) in [6, 6.07) is 0. The molecule has 0 saturated heterocycles. The van der Waals surface area contributed by atoms with Gasteiger partial charge in [0.1, 0.15) is 0 Å².